The van der Waals surface area contributed by atoms with Gasteiger partial charge in [0.15, 0.2) is 5.82 Å². The van der Waals surface area contributed by atoms with Gasteiger partial charge in [0.05, 0.1) is 19.2 Å². The molecular weight excluding hydrogens is 646 g/mol. The van der Waals surface area contributed by atoms with Crippen LogP contribution in [-0.2, 0) is 29.2 Å². The Kier molecular flexibility index (Phi) is 13.9. The smallest absolute Gasteiger partial charge is 0.410 e. The third kappa shape index (κ3) is 10.8. The Morgan fingerprint density at radius 2 is 1.69 bits per heavy atom. The molecule has 0 radical (unpaired) electrons. The van der Waals surface area contributed by atoms with E-state index in [2.05, 4.69) is 55.2 Å². The van der Waals surface area contributed by atoms with Gasteiger partial charge in [-0.2, -0.15) is 4.98 Å². The molecule has 13 nitrogen and oxygen atoms in total. The lowest BCUT2D eigenvalue weighted by atomic mass is 10.1. The minimum absolute atomic E-state index is 0.00892. The number of anilines is 3. The summed E-state index contributed by atoms with van der Waals surface area (Å²) in [4.78, 5) is 38.0. The largest absolute Gasteiger partial charge is 0.496 e. The van der Waals surface area contributed by atoms with Crippen molar-refractivity contribution in [2.24, 2.45) is 5.73 Å². The number of fused-ring (bicyclic) bond motifs is 1. The van der Waals surface area contributed by atoms with Crippen LogP contribution in [0.3, 0.4) is 0 Å². The number of methoxy groups -OCH3 is 1. The summed E-state index contributed by atoms with van der Waals surface area (Å²) in [5.74, 6) is 1.82. The van der Waals surface area contributed by atoms with E-state index in [0.717, 1.165) is 110 Å². The van der Waals surface area contributed by atoms with E-state index in [0.29, 0.717) is 32.6 Å². The molecule has 1 aliphatic heterocycles. The molecule has 2 aromatic carbocycles. The van der Waals surface area contributed by atoms with E-state index < -0.39 is 0 Å². The van der Waals surface area contributed by atoms with Crippen molar-refractivity contribution in [3.05, 3.63) is 71.4 Å². The third-order valence-electron chi connectivity index (χ3n) is 9.14. The van der Waals surface area contributed by atoms with Gasteiger partial charge < -0.3 is 41.0 Å². The molecule has 2 aromatic heterocycles. The molecule has 13 heteroatoms. The lowest BCUT2D eigenvalue weighted by Gasteiger charge is -2.34. The lowest BCUT2D eigenvalue weighted by Crippen LogP contribution is -2.48. The molecule has 1 fully saturated rings. The first-order valence-corrected chi connectivity index (χ1v) is 18.1. The monoisotopic (exact) mass is 699 g/mol. The molecule has 0 atom stereocenters. The topological polar surface area (TPSA) is 166 Å². The van der Waals surface area contributed by atoms with Crippen LogP contribution >= 0.6 is 0 Å². The van der Waals surface area contributed by atoms with E-state index >= 15 is 0 Å². The van der Waals surface area contributed by atoms with Crippen molar-refractivity contribution in [2.75, 3.05) is 62.7 Å². The SMILES string of the molecule is CCCCCNc1nc(N)nc2ccn(Cc3ccc(CN4CCN(C(=O)OCc5ccc(NC(=O)CCCCCN)cc5)CC4)cc3OC)c12. The van der Waals surface area contributed by atoms with Crippen molar-refractivity contribution in [1.82, 2.24) is 24.3 Å². The van der Waals surface area contributed by atoms with Crippen LogP contribution in [0.15, 0.2) is 54.7 Å². The van der Waals surface area contributed by atoms with E-state index in [1.54, 1.807) is 12.0 Å². The number of nitrogen functional groups attached to an aromatic ring is 1. The number of hydrogen-bond acceptors (Lipinski definition) is 10. The zero-order chi connectivity index (χ0) is 36.0. The van der Waals surface area contributed by atoms with E-state index in [1.807, 2.05) is 36.5 Å². The predicted molar refractivity (Wildman–Crippen MR) is 202 cm³/mol. The molecule has 3 heterocycles. The van der Waals surface area contributed by atoms with Crippen LogP contribution in [0.2, 0.25) is 0 Å². The number of nitrogens with two attached hydrogens (primary N) is 2. The number of carbonyl (C=O) groups is 2. The molecule has 0 saturated carbocycles. The summed E-state index contributed by atoms with van der Waals surface area (Å²) in [6, 6.07) is 15.7. The molecule has 274 valence electrons. The molecule has 0 bridgehead atoms. The maximum Gasteiger partial charge on any atom is 0.410 e. The second-order valence-corrected chi connectivity index (χ2v) is 13.1. The van der Waals surface area contributed by atoms with Gasteiger partial charge in [-0.15, -0.1) is 0 Å². The van der Waals surface area contributed by atoms with Crippen molar-refractivity contribution in [1.29, 1.82) is 0 Å². The number of nitrogens with zero attached hydrogens (tertiary/aromatic N) is 5. The molecule has 6 N–H and O–H groups in total. The second kappa shape index (κ2) is 18.9. The van der Waals surface area contributed by atoms with Crippen LogP contribution in [0.4, 0.5) is 22.2 Å². The molecule has 0 unspecified atom stereocenters. The molecule has 0 spiro atoms. The molecule has 2 amide bonds. The summed E-state index contributed by atoms with van der Waals surface area (Å²) in [5.41, 5.74) is 17.0. The van der Waals surface area contributed by atoms with Gasteiger partial charge in [-0.1, -0.05) is 50.5 Å². The highest BCUT2D eigenvalue weighted by atomic mass is 16.6. The first kappa shape index (κ1) is 37.4. The van der Waals surface area contributed by atoms with Crippen molar-refractivity contribution < 1.29 is 19.1 Å². The summed E-state index contributed by atoms with van der Waals surface area (Å²) in [5, 5.41) is 6.37. The summed E-state index contributed by atoms with van der Waals surface area (Å²) >= 11 is 0. The number of nitrogens with one attached hydrogen (secondary N) is 2. The van der Waals surface area contributed by atoms with Crippen molar-refractivity contribution in [3.63, 3.8) is 0 Å². The van der Waals surface area contributed by atoms with Crippen LogP contribution in [0.5, 0.6) is 5.75 Å². The minimum atomic E-state index is -0.319. The highest BCUT2D eigenvalue weighted by Crippen LogP contribution is 2.28. The number of benzene rings is 2. The van der Waals surface area contributed by atoms with E-state index in [-0.39, 0.29) is 24.6 Å². The quantitative estimate of drug-likeness (QED) is 0.0963. The summed E-state index contributed by atoms with van der Waals surface area (Å²) in [6.07, 6.45) is 8.25. The first-order valence-electron chi connectivity index (χ1n) is 18.1. The fourth-order valence-electron chi connectivity index (χ4n) is 6.26. The van der Waals surface area contributed by atoms with Crippen LogP contribution in [0.25, 0.3) is 11.0 Å². The lowest BCUT2D eigenvalue weighted by molar-refractivity contribution is -0.116. The zero-order valence-electron chi connectivity index (χ0n) is 30.0. The second-order valence-electron chi connectivity index (χ2n) is 13.1. The number of rotatable bonds is 18. The Hall–Kier alpha value is -4.88. The Bertz CT molecular complexity index is 1720. The molecular formula is C38H53N9O4. The van der Waals surface area contributed by atoms with Gasteiger partial charge >= 0.3 is 6.09 Å². The summed E-state index contributed by atoms with van der Waals surface area (Å²) in [7, 11) is 1.70. The Morgan fingerprint density at radius 3 is 2.43 bits per heavy atom. The van der Waals surface area contributed by atoms with Crippen LogP contribution < -0.4 is 26.8 Å². The van der Waals surface area contributed by atoms with E-state index in [9.17, 15) is 9.59 Å². The van der Waals surface area contributed by atoms with Crippen LogP contribution in [0, 0.1) is 0 Å². The van der Waals surface area contributed by atoms with Gasteiger partial charge in [0.2, 0.25) is 11.9 Å². The Balaban J connectivity index is 1.09. The van der Waals surface area contributed by atoms with Gasteiger partial charge in [-0.05, 0) is 61.2 Å². The molecule has 1 aliphatic rings. The average molecular weight is 700 g/mol. The van der Waals surface area contributed by atoms with Crippen LogP contribution in [0.1, 0.15) is 68.6 Å². The predicted octanol–water partition coefficient (Wildman–Crippen LogP) is 5.58. The van der Waals surface area contributed by atoms with Gasteiger partial charge in [0.1, 0.15) is 17.9 Å². The normalized spacial score (nSPS) is 13.4. The van der Waals surface area contributed by atoms with E-state index in [4.69, 9.17) is 20.9 Å². The molecule has 4 aromatic rings. The number of aromatic nitrogens is 3. The van der Waals surface area contributed by atoms with E-state index in [1.165, 1.54) is 0 Å². The number of piperazine rings is 1. The number of ether oxygens (including phenoxy) is 2. The van der Waals surface area contributed by atoms with Crippen LogP contribution in [-0.4, -0.2) is 82.7 Å². The van der Waals surface area contributed by atoms with Gasteiger partial charge in [-0.25, -0.2) is 9.78 Å². The first-order chi connectivity index (χ1) is 24.9. The van der Waals surface area contributed by atoms with Crippen molar-refractivity contribution in [3.8, 4) is 5.75 Å². The maximum absolute atomic E-state index is 12.8. The number of amides is 2. The molecule has 51 heavy (non-hydrogen) atoms. The molecule has 1 saturated heterocycles. The zero-order valence-corrected chi connectivity index (χ0v) is 30.0. The highest BCUT2D eigenvalue weighted by molar-refractivity contribution is 5.90. The Morgan fingerprint density at radius 1 is 0.902 bits per heavy atom. The van der Waals surface area contributed by atoms with Gasteiger partial charge in [0, 0.05) is 63.1 Å². The highest BCUT2D eigenvalue weighted by Gasteiger charge is 2.23. The standard InChI is InChI=1S/C38H53N9O4/c1-3-4-8-18-41-36-35-32(43-37(40)44-36)16-19-47(35)26-30-13-10-29(24-33(30)50-2)25-45-20-22-46(23-21-45)38(49)51-27-28-11-14-31(15-12-28)42-34(48)9-6-5-7-17-39/h10-16,19,24H,3-9,17-18,20-23,25-27,39H2,1-2H3,(H,42,48)(H3,40,41,43,44). The third-order valence-corrected chi connectivity index (χ3v) is 9.14. The molecule has 0 aliphatic carbocycles. The summed E-state index contributed by atoms with van der Waals surface area (Å²) in [6.45, 7) is 7.85. The molecule has 5 rings (SSSR count). The van der Waals surface area contributed by atoms with Gasteiger partial charge in [-0.3, -0.25) is 9.69 Å². The minimum Gasteiger partial charge on any atom is -0.496 e. The number of hydrogen-bond donors (Lipinski definition) is 4. The van der Waals surface area contributed by atoms with Crippen molar-refractivity contribution >= 4 is 40.5 Å². The number of unbranched alkanes of at least 4 members (excludes halogenated alkanes) is 4. The summed E-state index contributed by atoms with van der Waals surface area (Å²) < 4.78 is 13.6. The number of carbonyl (C=O) groups excluding carboxylic acids is 2. The van der Waals surface area contributed by atoms with Gasteiger partial charge in [0.25, 0.3) is 0 Å². The Labute approximate surface area is 300 Å². The fourth-order valence-corrected chi connectivity index (χ4v) is 6.26. The fraction of sp³-hybridized carbons (Fsp3) is 0.474. The maximum atomic E-state index is 12.8. The average Bonchev–Trinajstić information content (AvgIpc) is 3.54. The van der Waals surface area contributed by atoms with Crippen molar-refractivity contribution in [2.45, 2.75) is 71.6 Å².